The number of hydrogen-bond acceptors (Lipinski definition) is 4. The van der Waals surface area contributed by atoms with E-state index in [1.54, 1.807) is 20.8 Å². The molecule has 0 saturated carbocycles. The fourth-order valence-electron chi connectivity index (χ4n) is 1.45. The summed E-state index contributed by atoms with van der Waals surface area (Å²) in [5, 5.41) is 0. The highest BCUT2D eigenvalue weighted by atomic mass is 79.9. The van der Waals surface area contributed by atoms with Crippen LogP contribution in [-0.4, -0.2) is 22.1 Å². The number of aryl methyl sites for hydroxylation is 1. The van der Waals surface area contributed by atoms with Crippen LogP contribution in [0.2, 0.25) is 0 Å². The molecule has 0 fully saturated rings. The molecule has 1 heterocycles. The van der Waals surface area contributed by atoms with E-state index >= 15 is 0 Å². The summed E-state index contributed by atoms with van der Waals surface area (Å²) in [5.74, 6) is -0.500. The highest BCUT2D eigenvalue weighted by Gasteiger charge is 2.14. The van der Waals surface area contributed by atoms with Gasteiger partial charge in [0.25, 0.3) is 0 Å². The maximum atomic E-state index is 11.8. The van der Waals surface area contributed by atoms with Crippen LogP contribution in [0.3, 0.4) is 0 Å². The molecule has 0 amide bonds. The van der Waals surface area contributed by atoms with Gasteiger partial charge in [0.1, 0.15) is 0 Å². The quantitative estimate of drug-likeness (QED) is 0.627. The Balaban J connectivity index is 3.06. The van der Waals surface area contributed by atoms with Crippen LogP contribution in [0.15, 0.2) is 21.4 Å². The molecule has 98 valence electrons. The second-order valence-corrected chi connectivity index (χ2v) is 4.58. The van der Waals surface area contributed by atoms with Crippen molar-refractivity contribution in [1.82, 2.24) is 9.55 Å². The topological polar surface area (TPSA) is 61.2 Å². The molecular weight excluding hydrogens is 300 g/mol. The molecule has 0 atom stereocenters. The predicted octanol–water partition coefficient (Wildman–Crippen LogP) is 1.74. The molecule has 0 aromatic carbocycles. The normalized spacial score (nSPS) is 10.2. The Morgan fingerprint density at radius 3 is 2.67 bits per heavy atom. The third kappa shape index (κ3) is 3.07. The van der Waals surface area contributed by atoms with E-state index in [2.05, 4.69) is 27.5 Å². The van der Waals surface area contributed by atoms with Gasteiger partial charge in [0, 0.05) is 11.3 Å². The smallest absolute Gasteiger partial charge is 0.348 e. The zero-order valence-electron chi connectivity index (χ0n) is 10.6. The van der Waals surface area contributed by atoms with Crippen molar-refractivity contribution in [3.63, 3.8) is 0 Å². The highest BCUT2D eigenvalue weighted by molar-refractivity contribution is 9.10. The standard InChI is InChI=1S/C12H15BrN2O3/c1-5-18-11(16)7(2)6-15-9(4)10(13)8(3)14-12(15)17/h2,5-6H2,1,3-4H3. The third-order valence-corrected chi connectivity index (χ3v) is 3.60. The number of aromatic nitrogens is 2. The summed E-state index contributed by atoms with van der Waals surface area (Å²) in [6.45, 7) is 9.21. The van der Waals surface area contributed by atoms with Crippen LogP contribution < -0.4 is 5.69 Å². The lowest BCUT2D eigenvalue weighted by Crippen LogP contribution is -2.28. The molecular formula is C12H15BrN2O3. The summed E-state index contributed by atoms with van der Waals surface area (Å²) in [6, 6.07) is 0. The van der Waals surface area contributed by atoms with Gasteiger partial charge in [0.2, 0.25) is 0 Å². The van der Waals surface area contributed by atoms with Crippen LogP contribution >= 0.6 is 15.9 Å². The molecule has 5 nitrogen and oxygen atoms in total. The monoisotopic (exact) mass is 314 g/mol. The van der Waals surface area contributed by atoms with Gasteiger partial charge in [-0.3, -0.25) is 4.57 Å². The molecule has 1 aromatic heterocycles. The number of hydrogen-bond donors (Lipinski definition) is 0. The Labute approximate surface area is 114 Å². The van der Waals surface area contributed by atoms with Crippen molar-refractivity contribution in [2.45, 2.75) is 27.3 Å². The molecule has 0 spiro atoms. The second kappa shape index (κ2) is 5.95. The Morgan fingerprint density at radius 2 is 2.11 bits per heavy atom. The second-order valence-electron chi connectivity index (χ2n) is 3.79. The summed E-state index contributed by atoms with van der Waals surface area (Å²) in [6.07, 6.45) is 0. The first-order valence-corrected chi connectivity index (χ1v) is 6.26. The summed E-state index contributed by atoms with van der Waals surface area (Å²) < 4.78 is 6.96. The van der Waals surface area contributed by atoms with Gasteiger partial charge in [-0.15, -0.1) is 0 Å². The summed E-state index contributed by atoms with van der Waals surface area (Å²) >= 11 is 3.35. The lowest BCUT2D eigenvalue weighted by Gasteiger charge is -2.12. The Bertz CT molecular complexity index is 549. The van der Waals surface area contributed by atoms with E-state index in [0.717, 1.165) is 4.47 Å². The van der Waals surface area contributed by atoms with E-state index in [1.165, 1.54) is 4.57 Å². The number of esters is 1. The minimum Gasteiger partial charge on any atom is -0.463 e. The zero-order chi connectivity index (χ0) is 13.9. The van der Waals surface area contributed by atoms with E-state index in [9.17, 15) is 9.59 Å². The molecule has 1 rings (SSSR count). The average Bonchev–Trinajstić information content (AvgIpc) is 2.32. The van der Waals surface area contributed by atoms with E-state index in [0.29, 0.717) is 11.4 Å². The molecule has 0 N–H and O–H groups in total. The van der Waals surface area contributed by atoms with Gasteiger partial charge in [-0.2, -0.15) is 4.98 Å². The predicted molar refractivity (Wildman–Crippen MR) is 71.4 cm³/mol. The van der Waals surface area contributed by atoms with Crippen LogP contribution in [-0.2, 0) is 16.1 Å². The maximum Gasteiger partial charge on any atom is 0.348 e. The highest BCUT2D eigenvalue weighted by Crippen LogP contribution is 2.17. The number of carbonyl (C=O) groups is 1. The van der Waals surface area contributed by atoms with Gasteiger partial charge in [-0.05, 0) is 36.7 Å². The van der Waals surface area contributed by atoms with Gasteiger partial charge in [-0.1, -0.05) is 6.58 Å². The number of nitrogens with zero attached hydrogens (tertiary/aromatic N) is 2. The summed E-state index contributed by atoms with van der Waals surface area (Å²) in [5.41, 5.74) is 1.15. The number of ether oxygens (including phenoxy) is 1. The van der Waals surface area contributed by atoms with Crippen molar-refractivity contribution in [3.8, 4) is 0 Å². The Kier molecular flexibility index (Phi) is 4.84. The Hall–Kier alpha value is -1.43. The Morgan fingerprint density at radius 1 is 1.50 bits per heavy atom. The average molecular weight is 315 g/mol. The molecule has 18 heavy (non-hydrogen) atoms. The molecule has 0 unspecified atom stereocenters. The third-order valence-electron chi connectivity index (χ3n) is 2.45. The van der Waals surface area contributed by atoms with Gasteiger partial charge >= 0.3 is 11.7 Å². The summed E-state index contributed by atoms with van der Waals surface area (Å²) in [7, 11) is 0. The summed E-state index contributed by atoms with van der Waals surface area (Å²) in [4.78, 5) is 27.1. The van der Waals surface area contributed by atoms with Crippen LogP contribution in [0.5, 0.6) is 0 Å². The first kappa shape index (κ1) is 14.6. The number of rotatable bonds is 4. The lowest BCUT2D eigenvalue weighted by molar-refractivity contribution is -0.138. The van der Waals surface area contributed by atoms with E-state index in [1.807, 2.05) is 0 Å². The SMILES string of the molecule is C=C(Cn1c(C)c(Br)c(C)nc1=O)C(=O)OCC. The van der Waals surface area contributed by atoms with Gasteiger partial charge in [-0.25, -0.2) is 9.59 Å². The van der Waals surface area contributed by atoms with E-state index in [4.69, 9.17) is 4.74 Å². The molecule has 0 radical (unpaired) electrons. The lowest BCUT2D eigenvalue weighted by atomic mass is 10.3. The van der Waals surface area contributed by atoms with Crippen LogP contribution in [0, 0.1) is 13.8 Å². The van der Waals surface area contributed by atoms with Crippen molar-refractivity contribution < 1.29 is 9.53 Å². The van der Waals surface area contributed by atoms with Gasteiger partial charge in [0.05, 0.1) is 23.3 Å². The maximum absolute atomic E-state index is 11.8. The molecule has 0 aliphatic rings. The van der Waals surface area contributed by atoms with Crippen LogP contribution in [0.1, 0.15) is 18.3 Å². The van der Waals surface area contributed by atoms with Crippen molar-refractivity contribution in [2.75, 3.05) is 6.61 Å². The van der Waals surface area contributed by atoms with Crippen molar-refractivity contribution >= 4 is 21.9 Å². The van der Waals surface area contributed by atoms with Gasteiger partial charge < -0.3 is 4.74 Å². The van der Waals surface area contributed by atoms with Crippen molar-refractivity contribution in [1.29, 1.82) is 0 Å². The molecule has 1 aromatic rings. The molecule has 6 heteroatoms. The van der Waals surface area contributed by atoms with E-state index < -0.39 is 11.7 Å². The zero-order valence-corrected chi connectivity index (χ0v) is 12.2. The molecule has 0 aliphatic carbocycles. The number of halogens is 1. The fraction of sp³-hybridized carbons (Fsp3) is 0.417. The minimum atomic E-state index is -0.500. The fourth-order valence-corrected chi connectivity index (χ4v) is 1.75. The minimum absolute atomic E-state index is 0.0788. The molecule has 0 aliphatic heterocycles. The van der Waals surface area contributed by atoms with E-state index in [-0.39, 0.29) is 18.7 Å². The first-order valence-electron chi connectivity index (χ1n) is 5.46. The van der Waals surface area contributed by atoms with Crippen LogP contribution in [0.25, 0.3) is 0 Å². The molecule has 0 bridgehead atoms. The van der Waals surface area contributed by atoms with Crippen molar-refractivity contribution in [2.24, 2.45) is 0 Å². The first-order chi connectivity index (χ1) is 8.38. The van der Waals surface area contributed by atoms with Crippen LogP contribution in [0.4, 0.5) is 0 Å². The molecule has 0 saturated heterocycles. The number of carbonyl (C=O) groups excluding carboxylic acids is 1. The van der Waals surface area contributed by atoms with Crippen molar-refractivity contribution in [3.05, 3.63) is 38.5 Å². The largest absolute Gasteiger partial charge is 0.463 e. The van der Waals surface area contributed by atoms with Gasteiger partial charge in [0.15, 0.2) is 0 Å².